The molecule has 0 bridgehead atoms. The summed E-state index contributed by atoms with van der Waals surface area (Å²) in [6.07, 6.45) is 6.93. The third kappa shape index (κ3) is 10.1. The number of hydrogen-bond acceptors (Lipinski definition) is 0. The number of rotatable bonds is 12. The van der Waals surface area contributed by atoms with Gasteiger partial charge in [-0.2, -0.15) is 0 Å². The Balaban J connectivity index is 1.18. The van der Waals surface area contributed by atoms with Crippen molar-refractivity contribution in [3.8, 4) is 33.4 Å². The lowest BCUT2D eigenvalue weighted by atomic mass is 9.92. The van der Waals surface area contributed by atoms with Crippen molar-refractivity contribution >= 4 is 58.0 Å². The monoisotopic (exact) mass is 786 g/mol. The molecule has 0 radical (unpaired) electrons. The van der Waals surface area contributed by atoms with Crippen molar-refractivity contribution in [2.24, 2.45) is 0 Å². The van der Waals surface area contributed by atoms with Crippen molar-refractivity contribution in [1.82, 2.24) is 0 Å². The summed E-state index contributed by atoms with van der Waals surface area (Å²) in [7, 11) is -5.05. The second-order valence-electron chi connectivity index (χ2n) is 16.9. The van der Waals surface area contributed by atoms with Crippen molar-refractivity contribution < 1.29 is 0 Å². The maximum Gasteiger partial charge on any atom is 0.104 e. The molecule has 7 aromatic carbocycles. The SMILES string of the molecule is C[Si](C)(/C=C\c1ccc(-c2cc(-c3ccc(/C=C\[Si](C)(C)c4ccccc4)cc3)cc(-c3ccc(/C=C\[Si](C)(C)c4ccccc4)cc3)c2)cc1)c1ccccc1. The Morgan fingerprint density at radius 2 is 0.491 bits per heavy atom. The van der Waals surface area contributed by atoms with Crippen LogP contribution in [0.1, 0.15) is 16.7 Å². The Kier molecular flexibility index (Phi) is 12.0. The minimum Gasteiger partial charge on any atom is -0.0897 e. The molecule has 0 amide bonds. The summed E-state index contributed by atoms with van der Waals surface area (Å²) >= 11 is 0. The van der Waals surface area contributed by atoms with Gasteiger partial charge in [0.15, 0.2) is 0 Å². The lowest BCUT2D eigenvalue weighted by Crippen LogP contribution is -2.39. The Morgan fingerprint density at radius 3 is 0.719 bits per heavy atom. The Bertz CT molecular complexity index is 2180. The van der Waals surface area contributed by atoms with Gasteiger partial charge in [-0.15, -0.1) is 0 Å². The van der Waals surface area contributed by atoms with E-state index in [0.717, 1.165) is 0 Å². The van der Waals surface area contributed by atoms with Crippen LogP contribution in [0.4, 0.5) is 0 Å². The molecule has 0 unspecified atom stereocenters. The first-order valence-corrected chi connectivity index (χ1v) is 29.4. The van der Waals surface area contributed by atoms with Crippen LogP contribution in [0.15, 0.2) is 199 Å². The molecule has 7 rings (SSSR count). The van der Waals surface area contributed by atoms with Crippen LogP contribution in [0, 0.1) is 0 Å². The fourth-order valence-electron chi connectivity index (χ4n) is 7.29. The molecule has 0 heterocycles. The van der Waals surface area contributed by atoms with Crippen LogP contribution >= 0.6 is 0 Å². The van der Waals surface area contributed by atoms with Gasteiger partial charge in [0.1, 0.15) is 24.2 Å². The first-order valence-electron chi connectivity index (χ1n) is 20.2. The highest BCUT2D eigenvalue weighted by Crippen LogP contribution is 2.34. The van der Waals surface area contributed by atoms with Crippen molar-refractivity contribution in [3.05, 3.63) is 216 Å². The summed E-state index contributed by atoms with van der Waals surface area (Å²) < 4.78 is 0. The van der Waals surface area contributed by atoms with Gasteiger partial charge in [-0.05, 0) is 68.3 Å². The van der Waals surface area contributed by atoms with Crippen LogP contribution in [0.2, 0.25) is 39.3 Å². The average molecular weight is 787 g/mol. The molecular formula is C54H54Si3. The number of benzene rings is 7. The Labute approximate surface area is 344 Å². The highest BCUT2D eigenvalue weighted by atomic mass is 28.3. The molecule has 0 aromatic heterocycles. The van der Waals surface area contributed by atoms with Gasteiger partial charge in [-0.1, -0.05) is 254 Å². The maximum absolute atomic E-state index is 2.45. The topological polar surface area (TPSA) is 0 Å². The summed E-state index contributed by atoms with van der Waals surface area (Å²) in [6.45, 7) is 14.5. The highest BCUT2D eigenvalue weighted by molar-refractivity contribution is 6.95. The smallest absolute Gasteiger partial charge is 0.0897 e. The molecule has 0 N–H and O–H groups in total. The predicted molar refractivity (Wildman–Crippen MR) is 261 cm³/mol. The van der Waals surface area contributed by atoms with Gasteiger partial charge in [-0.25, -0.2) is 0 Å². The summed E-state index contributed by atoms with van der Waals surface area (Å²) in [5, 5.41) is 4.35. The van der Waals surface area contributed by atoms with Crippen LogP contribution in [0.25, 0.3) is 51.6 Å². The van der Waals surface area contributed by atoms with E-state index >= 15 is 0 Å². The standard InChI is InChI=1S/C54H54Si3/c1-55(2,52-16-10-7-11-17-52)37-34-43-22-28-46(29-23-43)49-40-50(47-30-24-44(25-31-47)35-38-56(3,4)53-18-12-8-13-19-53)42-51(41-49)48-32-26-45(27-33-48)36-39-57(5,6)54-20-14-9-15-21-54/h7-42H,1-6H3/b37-34-,38-35-,39-36-. The van der Waals surface area contributed by atoms with Crippen molar-refractivity contribution in [2.45, 2.75) is 39.3 Å². The van der Waals surface area contributed by atoms with Gasteiger partial charge in [0.05, 0.1) is 0 Å². The maximum atomic E-state index is 2.45. The molecule has 7 aromatic rings. The van der Waals surface area contributed by atoms with Crippen LogP contribution in [-0.2, 0) is 0 Å². The molecule has 282 valence electrons. The molecule has 0 saturated carbocycles. The summed E-state index contributed by atoms with van der Waals surface area (Å²) in [5.41, 5.74) is 18.3. The minimum atomic E-state index is -1.68. The van der Waals surface area contributed by atoms with Crippen molar-refractivity contribution in [2.75, 3.05) is 0 Å². The van der Waals surface area contributed by atoms with E-state index in [1.165, 1.54) is 65.6 Å². The van der Waals surface area contributed by atoms with Gasteiger partial charge < -0.3 is 0 Å². The first-order chi connectivity index (χ1) is 27.4. The molecular weight excluding hydrogens is 733 g/mol. The molecule has 0 nitrogen and oxygen atoms in total. The molecule has 0 atom stereocenters. The van der Waals surface area contributed by atoms with Gasteiger partial charge in [0.25, 0.3) is 0 Å². The predicted octanol–water partition coefficient (Wildman–Crippen LogP) is 13.2. The third-order valence-electron chi connectivity index (χ3n) is 11.3. The number of hydrogen-bond donors (Lipinski definition) is 0. The van der Waals surface area contributed by atoms with Gasteiger partial charge in [0, 0.05) is 0 Å². The van der Waals surface area contributed by atoms with Crippen LogP contribution < -0.4 is 15.6 Å². The lowest BCUT2D eigenvalue weighted by molar-refractivity contribution is 1.55. The van der Waals surface area contributed by atoms with Gasteiger partial charge in [-0.3, -0.25) is 0 Å². The van der Waals surface area contributed by atoms with E-state index in [1.807, 2.05) is 0 Å². The average Bonchev–Trinajstić information content (AvgIpc) is 3.25. The molecule has 0 aliphatic rings. The fraction of sp³-hybridized carbons (Fsp3) is 0.111. The van der Waals surface area contributed by atoms with E-state index in [9.17, 15) is 0 Å². The highest BCUT2D eigenvalue weighted by Gasteiger charge is 2.21. The van der Waals surface area contributed by atoms with Crippen LogP contribution in [-0.4, -0.2) is 24.2 Å². The summed E-state index contributed by atoms with van der Waals surface area (Å²) in [6, 6.07) is 67.1. The Morgan fingerprint density at radius 1 is 0.263 bits per heavy atom. The van der Waals surface area contributed by atoms with Gasteiger partial charge in [0.2, 0.25) is 0 Å². The minimum absolute atomic E-state index is 1.22. The van der Waals surface area contributed by atoms with Crippen LogP contribution in [0.5, 0.6) is 0 Å². The third-order valence-corrected chi connectivity index (χ3v) is 19.8. The molecule has 0 aliphatic heterocycles. The van der Waals surface area contributed by atoms with E-state index in [1.54, 1.807) is 0 Å². The van der Waals surface area contributed by atoms with E-state index in [0.29, 0.717) is 0 Å². The molecule has 0 fully saturated rings. The van der Waals surface area contributed by atoms with E-state index in [4.69, 9.17) is 0 Å². The second-order valence-corrected chi connectivity index (χ2v) is 30.0. The van der Waals surface area contributed by atoms with Gasteiger partial charge >= 0.3 is 0 Å². The van der Waals surface area contributed by atoms with Crippen LogP contribution in [0.3, 0.4) is 0 Å². The summed E-state index contributed by atoms with van der Waals surface area (Å²) in [5.74, 6) is 0. The quantitative estimate of drug-likeness (QED) is 0.108. The second kappa shape index (κ2) is 17.3. The lowest BCUT2D eigenvalue weighted by Gasteiger charge is -2.18. The van der Waals surface area contributed by atoms with E-state index in [-0.39, 0.29) is 0 Å². The van der Waals surface area contributed by atoms with E-state index in [2.05, 4.69) is 257 Å². The zero-order valence-corrected chi connectivity index (χ0v) is 37.3. The zero-order valence-electron chi connectivity index (χ0n) is 34.3. The van der Waals surface area contributed by atoms with Crippen molar-refractivity contribution in [1.29, 1.82) is 0 Å². The molecule has 0 saturated heterocycles. The first kappa shape index (κ1) is 39.6. The summed E-state index contributed by atoms with van der Waals surface area (Å²) in [4.78, 5) is 0. The zero-order chi connectivity index (χ0) is 39.9. The normalized spacial score (nSPS) is 12.5. The molecule has 57 heavy (non-hydrogen) atoms. The van der Waals surface area contributed by atoms with E-state index < -0.39 is 24.2 Å². The van der Waals surface area contributed by atoms with Crippen molar-refractivity contribution in [3.63, 3.8) is 0 Å². The Hall–Kier alpha value is -5.59. The molecule has 0 spiro atoms. The fourth-order valence-corrected chi connectivity index (χ4v) is 12.9. The largest absolute Gasteiger partial charge is 0.104 e. The molecule has 3 heteroatoms. The molecule has 0 aliphatic carbocycles.